The maximum absolute atomic E-state index is 12.4. The molecule has 1 aliphatic heterocycles. The molecule has 0 saturated carbocycles. The van der Waals surface area contributed by atoms with Crippen LogP contribution in [-0.2, 0) is 10.0 Å². The van der Waals surface area contributed by atoms with Gasteiger partial charge < -0.3 is 10.2 Å². The summed E-state index contributed by atoms with van der Waals surface area (Å²) in [6.07, 6.45) is 0.696. The number of nitrogens with zero attached hydrogens (tertiary/aromatic N) is 1. The van der Waals surface area contributed by atoms with Crippen molar-refractivity contribution in [2.75, 3.05) is 13.2 Å². The summed E-state index contributed by atoms with van der Waals surface area (Å²) in [5, 5.41) is 19.4. The number of sulfonamides is 1. The third-order valence-electron chi connectivity index (χ3n) is 3.40. The van der Waals surface area contributed by atoms with E-state index in [-0.39, 0.29) is 22.3 Å². The molecule has 106 valence electrons. The van der Waals surface area contributed by atoms with Crippen molar-refractivity contribution < 1.29 is 23.4 Å². The molecule has 1 fully saturated rings. The highest BCUT2D eigenvalue weighted by atomic mass is 32.2. The highest BCUT2D eigenvalue weighted by Gasteiger charge is 2.39. The minimum absolute atomic E-state index is 0.0115. The lowest BCUT2D eigenvalue weighted by Gasteiger charge is -2.23. The second kappa shape index (κ2) is 5.20. The summed E-state index contributed by atoms with van der Waals surface area (Å²) >= 11 is 0.893. The Hall–Kier alpha value is -0.960. The average molecular weight is 305 g/mol. The monoisotopic (exact) mass is 305 g/mol. The second-order valence-electron chi connectivity index (χ2n) is 4.59. The maximum atomic E-state index is 12.4. The van der Waals surface area contributed by atoms with Crippen molar-refractivity contribution in [3.63, 3.8) is 0 Å². The lowest BCUT2D eigenvalue weighted by molar-refractivity contribution is 0.0697. The zero-order valence-electron chi connectivity index (χ0n) is 10.3. The van der Waals surface area contributed by atoms with E-state index in [4.69, 9.17) is 5.11 Å². The number of hydrogen-bond acceptors (Lipinski definition) is 5. The van der Waals surface area contributed by atoms with E-state index in [2.05, 4.69) is 0 Å². The van der Waals surface area contributed by atoms with Gasteiger partial charge in [0.25, 0.3) is 10.0 Å². The first-order valence-electron chi connectivity index (χ1n) is 5.82. The van der Waals surface area contributed by atoms with Crippen LogP contribution in [0.15, 0.2) is 15.7 Å². The fourth-order valence-corrected chi connectivity index (χ4v) is 5.23. The number of hydrogen-bond donors (Lipinski definition) is 2. The third-order valence-corrected chi connectivity index (χ3v) is 6.74. The molecule has 0 aromatic carbocycles. The van der Waals surface area contributed by atoms with Gasteiger partial charge in [-0.05, 0) is 18.4 Å². The van der Waals surface area contributed by atoms with Crippen molar-refractivity contribution in [1.82, 2.24) is 4.31 Å². The molecule has 2 unspecified atom stereocenters. The molecule has 2 heterocycles. The van der Waals surface area contributed by atoms with E-state index in [1.165, 1.54) is 15.8 Å². The van der Waals surface area contributed by atoms with Crippen molar-refractivity contribution in [1.29, 1.82) is 0 Å². The van der Waals surface area contributed by atoms with Crippen LogP contribution in [0.25, 0.3) is 0 Å². The standard InChI is InChI=1S/C11H15NO5S2/c1-7-2-3-12(9(7)5-13)19(16,17)10-4-8(6-18-10)11(14)15/h4,6-7,9,13H,2-3,5H2,1H3,(H,14,15). The molecule has 0 aliphatic carbocycles. The Bertz CT molecular complexity index is 580. The quantitative estimate of drug-likeness (QED) is 0.859. The molecule has 2 atom stereocenters. The van der Waals surface area contributed by atoms with Crippen molar-refractivity contribution in [3.05, 3.63) is 17.0 Å². The zero-order chi connectivity index (χ0) is 14.2. The summed E-state index contributed by atoms with van der Waals surface area (Å²) in [5.74, 6) is -1.05. The Kier molecular flexibility index (Phi) is 3.95. The molecule has 6 nitrogen and oxygen atoms in total. The number of thiophene rings is 1. The fourth-order valence-electron chi connectivity index (χ4n) is 2.22. The summed E-state index contributed by atoms with van der Waals surface area (Å²) in [7, 11) is -3.72. The first-order chi connectivity index (χ1) is 8.87. The van der Waals surface area contributed by atoms with Crippen LogP contribution < -0.4 is 0 Å². The lowest BCUT2D eigenvalue weighted by Crippen LogP contribution is -2.39. The summed E-state index contributed by atoms with van der Waals surface area (Å²) in [6.45, 7) is 2.03. The SMILES string of the molecule is CC1CCN(S(=O)(=O)c2cc(C(=O)O)cs2)C1CO. The molecule has 8 heteroatoms. The van der Waals surface area contributed by atoms with E-state index < -0.39 is 22.0 Å². The van der Waals surface area contributed by atoms with Crippen LogP contribution in [0.2, 0.25) is 0 Å². The van der Waals surface area contributed by atoms with Gasteiger partial charge in [0.1, 0.15) is 4.21 Å². The van der Waals surface area contributed by atoms with Gasteiger partial charge in [-0.15, -0.1) is 11.3 Å². The van der Waals surface area contributed by atoms with Crippen LogP contribution in [-0.4, -0.2) is 48.1 Å². The summed E-state index contributed by atoms with van der Waals surface area (Å²) in [4.78, 5) is 10.8. The van der Waals surface area contributed by atoms with E-state index in [0.29, 0.717) is 13.0 Å². The van der Waals surface area contributed by atoms with Gasteiger partial charge in [-0.1, -0.05) is 6.92 Å². The molecule has 1 aromatic rings. The Balaban J connectivity index is 2.34. The zero-order valence-corrected chi connectivity index (χ0v) is 11.9. The largest absolute Gasteiger partial charge is 0.478 e. The topological polar surface area (TPSA) is 94.9 Å². The van der Waals surface area contributed by atoms with E-state index in [1.54, 1.807) is 0 Å². The first-order valence-corrected chi connectivity index (χ1v) is 8.14. The number of rotatable bonds is 4. The number of aromatic carboxylic acids is 1. The van der Waals surface area contributed by atoms with E-state index in [9.17, 15) is 18.3 Å². The average Bonchev–Trinajstić information content (AvgIpc) is 2.95. The predicted octanol–water partition coefficient (Wildman–Crippen LogP) is 0.838. The molecule has 0 radical (unpaired) electrons. The molecular weight excluding hydrogens is 290 g/mol. The highest BCUT2D eigenvalue weighted by Crippen LogP contribution is 2.32. The van der Waals surface area contributed by atoms with Gasteiger partial charge in [0.05, 0.1) is 18.2 Å². The molecule has 19 heavy (non-hydrogen) atoms. The number of carbonyl (C=O) groups is 1. The molecule has 1 saturated heterocycles. The normalized spacial score (nSPS) is 24.7. The summed E-state index contributed by atoms with van der Waals surface area (Å²) in [5.41, 5.74) is -0.0311. The van der Waals surface area contributed by atoms with Crippen LogP contribution in [0.1, 0.15) is 23.7 Å². The molecule has 0 spiro atoms. The highest BCUT2D eigenvalue weighted by molar-refractivity contribution is 7.91. The molecule has 2 rings (SSSR count). The number of aliphatic hydroxyl groups is 1. The lowest BCUT2D eigenvalue weighted by atomic mass is 10.0. The number of carboxylic acid groups (broad SMARTS) is 1. The van der Waals surface area contributed by atoms with Gasteiger partial charge in [-0.3, -0.25) is 0 Å². The Labute approximate surface area is 115 Å². The van der Waals surface area contributed by atoms with Crippen molar-refractivity contribution in [2.45, 2.75) is 23.6 Å². The van der Waals surface area contributed by atoms with Crippen LogP contribution in [0.3, 0.4) is 0 Å². The predicted molar refractivity (Wildman–Crippen MR) is 69.8 cm³/mol. The number of carboxylic acids is 1. The van der Waals surface area contributed by atoms with Crippen molar-refractivity contribution >= 4 is 27.3 Å². The van der Waals surface area contributed by atoms with Gasteiger partial charge in [0.2, 0.25) is 0 Å². The van der Waals surface area contributed by atoms with Gasteiger partial charge >= 0.3 is 5.97 Å². The van der Waals surface area contributed by atoms with Gasteiger partial charge in [-0.2, -0.15) is 4.31 Å². The molecule has 0 bridgehead atoms. The Morgan fingerprint density at radius 2 is 2.26 bits per heavy atom. The van der Waals surface area contributed by atoms with Crippen LogP contribution >= 0.6 is 11.3 Å². The van der Waals surface area contributed by atoms with Crippen LogP contribution in [0.4, 0.5) is 0 Å². The van der Waals surface area contributed by atoms with Crippen molar-refractivity contribution in [3.8, 4) is 0 Å². The molecule has 0 amide bonds. The minimum Gasteiger partial charge on any atom is -0.478 e. The van der Waals surface area contributed by atoms with Gasteiger partial charge in [0, 0.05) is 11.9 Å². The van der Waals surface area contributed by atoms with Crippen LogP contribution in [0.5, 0.6) is 0 Å². The van der Waals surface area contributed by atoms with Gasteiger partial charge in [-0.25, -0.2) is 13.2 Å². The Morgan fingerprint density at radius 3 is 2.79 bits per heavy atom. The van der Waals surface area contributed by atoms with E-state index in [0.717, 1.165) is 11.3 Å². The third kappa shape index (κ3) is 2.53. The first kappa shape index (κ1) is 14.4. The van der Waals surface area contributed by atoms with E-state index >= 15 is 0 Å². The molecular formula is C11H15NO5S2. The smallest absolute Gasteiger partial charge is 0.336 e. The van der Waals surface area contributed by atoms with Crippen molar-refractivity contribution in [2.24, 2.45) is 5.92 Å². The number of aliphatic hydroxyl groups excluding tert-OH is 1. The minimum atomic E-state index is -3.72. The molecule has 1 aromatic heterocycles. The molecule has 2 N–H and O–H groups in total. The summed E-state index contributed by atoms with van der Waals surface area (Å²) in [6, 6.07) is 0.736. The second-order valence-corrected chi connectivity index (χ2v) is 7.62. The molecule has 1 aliphatic rings. The Morgan fingerprint density at radius 1 is 1.58 bits per heavy atom. The maximum Gasteiger partial charge on any atom is 0.336 e. The summed E-state index contributed by atoms with van der Waals surface area (Å²) < 4.78 is 26.1. The van der Waals surface area contributed by atoms with Gasteiger partial charge in [0.15, 0.2) is 0 Å². The fraction of sp³-hybridized carbons (Fsp3) is 0.545. The van der Waals surface area contributed by atoms with E-state index in [1.807, 2.05) is 6.92 Å². The van der Waals surface area contributed by atoms with Crippen LogP contribution in [0, 0.1) is 5.92 Å².